The van der Waals surface area contributed by atoms with E-state index in [2.05, 4.69) is 15.9 Å². The van der Waals surface area contributed by atoms with E-state index in [-0.39, 0.29) is 12.5 Å². The monoisotopic (exact) mass is 305 g/mol. The molecule has 16 heavy (non-hydrogen) atoms. The molecule has 0 aliphatic heterocycles. The fourth-order valence-electron chi connectivity index (χ4n) is 1.19. The zero-order valence-electron chi connectivity index (χ0n) is 8.94. The Hall–Kier alpha value is -0.880. The zero-order chi connectivity index (χ0) is 12.3. The van der Waals surface area contributed by atoms with Crippen LogP contribution in [0.2, 0.25) is 0 Å². The molecule has 1 amide bonds. The Morgan fingerprint density at radius 3 is 2.69 bits per heavy atom. The fourth-order valence-corrected chi connectivity index (χ4v) is 2.73. The first-order valence-electron chi connectivity index (χ1n) is 4.64. The van der Waals surface area contributed by atoms with Gasteiger partial charge in [0.25, 0.3) is 5.91 Å². The number of carboxylic acids is 1. The average Bonchev–Trinajstić information content (AvgIpc) is 2.62. The summed E-state index contributed by atoms with van der Waals surface area (Å²) in [5, 5.41) is 10.6. The lowest BCUT2D eigenvalue weighted by molar-refractivity contribution is -0.141. The summed E-state index contributed by atoms with van der Waals surface area (Å²) >= 11 is 4.61. The molecule has 6 heteroatoms. The Morgan fingerprint density at radius 2 is 2.25 bits per heavy atom. The number of rotatable bonds is 4. The van der Waals surface area contributed by atoms with Gasteiger partial charge in [0.15, 0.2) is 0 Å². The van der Waals surface area contributed by atoms with Crippen LogP contribution in [-0.4, -0.2) is 35.5 Å². The third-order valence-corrected chi connectivity index (χ3v) is 3.95. The SMILES string of the molecule is CC(CN(C)C(=O)c1sccc1Br)C(=O)O. The highest BCUT2D eigenvalue weighted by Crippen LogP contribution is 2.24. The summed E-state index contributed by atoms with van der Waals surface area (Å²) < 4.78 is 0.748. The van der Waals surface area contributed by atoms with Gasteiger partial charge >= 0.3 is 5.97 Å². The number of thiophene rings is 1. The van der Waals surface area contributed by atoms with Crippen LogP contribution in [-0.2, 0) is 4.79 Å². The van der Waals surface area contributed by atoms with Crippen LogP contribution >= 0.6 is 27.3 Å². The van der Waals surface area contributed by atoms with E-state index in [1.165, 1.54) is 16.2 Å². The minimum atomic E-state index is -0.898. The van der Waals surface area contributed by atoms with Gasteiger partial charge in [-0.15, -0.1) is 11.3 Å². The maximum Gasteiger partial charge on any atom is 0.308 e. The molecule has 0 bridgehead atoms. The zero-order valence-corrected chi connectivity index (χ0v) is 11.3. The Balaban J connectivity index is 2.69. The Labute approximate surface area is 106 Å². The van der Waals surface area contributed by atoms with Crippen LogP contribution in [0, 0.1) is 5.92 Å². The number of hydrogen-bond donors (Lipinski definition) is 1. The summed E-state index contributed by atoms with van der Waals surface area (Å²) in [5.74, 6) is -1.62. The number of halogens is 1. The summed E-state index contributed by atoms with van der Waals surface area (Å²) in [4.78, 5) is 24.6. The molecule has 1 aromatic rings. The van der Waals surface area contributed by atoms with Crippen molar-refractivity contribution in [2.24, 2.45) is 5.92 Å². The van der Waals surface area contributed by atoms with Crippen molar-refractivity contribution in [1.29, 1.82) is 0 Å². The first kappa shape index (κ1) is 13.2. The molecule has 88 valence electrons. The molecule has 0 aliphatic rings. The highest BCUT2D eigenvalue weighted by Gasteiger charge is 2.20. The summed E-state index contributed by atoms with van der Waals surface area (Å²) in [5.41, 5.74) is 0. The number of carbonyl (C=O) groups is 2. The van der Waals surface area contributed by atoms with E-state index in [9.17, 15) is 9.59 Å². The Morgan fingerprint density at radius 1 is 1.62 bits per heavy atom. The van der Waals surface area contributed by atoms with Crippen molar-refractivity contribution in [2.45, 2.75) is 6.92 Å². The molecule has 1 N–H and O–H groups in total. The second-order valence-electron chi connectivity index (χ2n) is 3.52. The lowest BCUT2D eigenvalue weighted by atomic mass is 10.2. The number of hydrogen-bond acceptors (Lipinski definition) is 3. The van der Waals surface area contributed by atoms with Crippen LogP contribution in [0.5, 0.6) is 0 Å². The molecule has 0 spiro atoms. The predicted molar refractivity (Wildman–Crippen MR) is 65.8 cm³/mol. The second-order valence-corrected chi connectivity index (χ2v) is 5.29. The van der Waals surface area contributed by atoms with Crippen LogP contribution in [0.25, 0.3) is 0 Å². The molecule has 1 heterocycles. The lowest BCUT2D eigenvalue weighted by Crippen LogP contribution is -2.33. The fraction of sp³-hybridized carbons (Fsp3) is 0.400. The molecule has 0 fully saturated rings. The molecule has 0 saturated heterocycles. The molecule has 0 saturated carbocycles. The van der Waals surface area contributed by atoms with Crippen LogP contribution in [0.1, 0.15) is 16.6 Å². The quantitative estimate of drug-likeness (QED) is 0.928. The maximum absolute atomic E-state index is 11.9. The van der Waals surface area contributed by atoms with Gasteiger partial charge in [-0.1, -0.05) is 6.92 Å². The van der Waals surface area contributed by atoms with Crippen molar-refractivity contribution in [3.63, 3.8) is 0 Å². The lowest BCUT2D eigenvalue weighted by Gasteiger charge is -2.18. The molecule has 0 radical (unpaired) electrons. The van der Waals surface area contributed by atoms with Crippen molar-refractivity contribution < 1.29 is 14.7 Å². The Bertz CT molecular complexity index is 405. The third kappa shape index (κ3) is 3.05. The normalized spacial score (nSPS) is 12.2. The molecule has 0 aliphatic carbocycles. The second kappa shape index (κ2) is 5.45. The summed E-state index contributed by atoms with van der Waals surface area (Å²) in [6.07, 6.45) is 0. The highest BCUT2D eigenvalue weighted by molar-refractivity contribution is 9.10. The molecule has 1 aromatic heterocycles. The van der Waals surface area contributed by atoms with E-state index in [4.69, 9.17) is 5.11 Å². The van der Waals surface area contributed by atoms with Crippen molar-refractivity contribution in [3.05, 3.63) is 20.8 Å². The van der Waals surface area contributed by atoms with Crippen molar-refractivity contribution in [3.8, 4) is 0 Å². The Kier molecular flexibility index (Phi) is 4.49. The number of aliphatic carboxylic acids is 1. The minimum Gasteiger partial charge on any atom is -0.481 e. The van der Waals surface area contributed by atoms with E-state index < -0.39 is 11.9 Å². The topological polar surface area (TPSA) is 57.6 Å². The van der Waals surface area contributed by atoms with Gasteiger partial charge in [-0.25, -0.2) is 0 Å². The molecule has 1 rings (SSSR count). The van der Waals surface area contributed by atoms with Crippen molar-refractivity contribution in [1.82, 2.24) is 4.90 Å². The predicted octanol–water partition coefficient (Wildman–Crippen LogP) is 2.30. The van der Waals surface area contributed by atoms with Gasteiger partial charge in [0.2, 0.25) is 0 Å². The highest BCUT2D eigenvalue weighted by atomic mass is 79.9. The van der Waals surface area contributed by atoms with Crippen LogP contribution in [0.3, 0.4) is 0 Å². The van der Waals surface area contributed by atoms with Crippen molar-refractivity contribution >= 4 is 39.1 Å². The van der Waals surface area contributed by atoms with Crippen LogP contribution in [0.4, 0.5) is 0 Å². The number of carboxylic acid groups (broad SMARTS) is 1. The largest absolute Gasteiger partial charge is 0.481 e. The summed E-state index contributed by atoms with van der Waals surface area (Å²) in [7, 11) is 1.61. The van der Waals surface area contributed by atoms with E-state index >= 15 is 0 Å². The molecule has 0 aromatic carbocycles. The van der Waals surface area contributed by atoms with E-state index in [1.54, 1.807) is 20.0 Å². The molecule has 1 unspecified atom stereocenters. The van der Waals surface area contributed by atoms with Gasteiger partial charge in [-0.2, -0.15) is 0 Å². The van der Waals surface area contributed by atoms with E-state index in [0.29, 0.717) is 4.88 Å². The van der Waals surface area contributed by atoms with Gasteiger partial charge in [0, 0.05) is 18.1 Å². The number of amides is 1. The first-order chi connectivity index (χ1) is 7.43. The van der Waals surface area contributed by atoms with Crippen LogP contribution < -0.4 is 0 Å². The van der Waals surface area contributed by atoms with Gasteiger partial charge in [-0.05, 0) is 27.4 Å². The molecular weight excluding hydrogens is 294 g/mol. The standard InChI is InChI=1S/C10H12BrNO3S/c1-6(10(14)15)5-12(2)9(13)8-7(11)3-4-16-8/h3-4,6H,5H2,1-2H3,(H,14,15). The van der Waals surface area contributed by atoms with E-state index in [0.717, 1.165) is 4.47 Å². The van der Waals surface area contributed by atoms with E-state index in [1.807, 2.05) is 5.38 Å². The number of nitrogens with zero attached hydrogens (tertiary/aromatic N) is 1. The number of carbonyl (C=O) groups excluding carboxylic acids is 1. The van der Waals surface area contributed by atoms with Gasteiger partial charge in [0.05, 0.1) is 5.92 Å². The minimum absolute atomic E-state index is 0.157. The van der Waals surface area contributed by atoms with Gasteiger partial charge in [-0.3, -0.25) is 9.59 Å². The first-order valence-corrected chi connectivity index (χ1v) is 6.32. The van der Waals surface area contributed by atoms with Gasteiger partial charge < -0.3 is 10.0 Å². The maximum atomic E-state index is 11.9. The molecular formula is C10H12BrNO3S. The summed E-state index contributed by atoms with van der Waals surface area (Å²) in [6, 6.07) is 1.80. The molecule has 1 atom stereocenters. The van der Waals surface area contributed by atoms with Gasteiger partial charge in [0.1, 0.15) is 4.88 Å². The van der Waals surface area contributed by atoms with Crippen molar-refractivity contribution in [2.75, 3.05) is 13.6 Å². The summed E-state index contributed by atoms with van der Waals surface area (Å²) in [6.45, 7) is 1.79. The third-order valence-electron chi connectivity index (χ3n) is 2.13. The molecule has 4 nitrogen and oxygen atoms in total. The smallest absolute Gasteiger partial charge is 0.308 e. The average molecular weight is 306 g/mol. The van der Waals surface area contributed by atoms with Crippen LogP contribution in [0.15, 0.2) is 15.9 Å².